The molecule has 0 spiro atoms. The molecule has 26 heavy (non-hydrogen) atoms. The van der Waals surface area contributed by atoms with Crippen molar-refractivity contribution in [3.05, 3.63) is 70.7 Å². The summed E-state index contributed by atoms with van der Waals surface area (Å²) in [4.78, 5) is 14.9. The quantitative estimate of drug-likeness (QED) is 0.819. The molecule has 2 aromatic carbocycles. The molecule has 138 valence electrons. The van der Waals surface area contributed by atoms with Crippen molar-refractivity contribution in [2.24, 2.45) is 0 Å². The van der Waals surface area contributed by atoms with Crippen LogP contribution in [-0.4, -0.2) is 43.5 Å². The highest BCUT2D eigenvalue weighted by Crippen LogP contribution is 2.23. The third-order valence-electron chi connectivity index (χ3n) is 4.97. The van der Waals surface area contributed by atoms with Crippen molar-refractivity contribution in [2.75, 3.05) is 26.7 Å². The summed E-state index contributed by atoms with van der Waals surface area (Å²) in [5.41, 5.74) is 2.09. The molecule has 0 saturated carbocycles. The minimum atomic E-state index is -0.178. The van der Waals surface area contributed by atoms with Crippen LogP contribution in [0.4, 0.5) is 0 Å². The Kier molecular flexibility index (Phi) is 6.67. The van der Waals surface area contributed by atoms with Gasteiger partial charge in [-0.25, -0.2) is 0 Å². The maximum atomic E-state index is 12.7. The van der Waals surface area contributed by atoms with Gasteiger partial charge in [-0.05, 0) is 56.2 Å². The normalized spacial score (nSPS) is 16.4. The van der Waals surface area contributed by atoms with Gasteiger partial charge in [-0.15, -0.1) is 0 Å². The van der Waals surface area contributed by atoms with Gasteiger partial charge in [0.05, 0.1) is 12.6 Å². The SMILES string of the molecule is CN(CC(=O)N[C@@H](c1ccccc1)c1ccc(Cl)cc1)C1CCNCC1. The number of carbonyl (C=O) groups excluding carboxylic acids is 1. The molecule has 1 saturated heterocycles. The zero-order valence-corrected chi connectivity index (χ0v) is 15.9. The van der Waals surface area contributed by atoms with Crippen molar-refractivity contribution >= 4 is 17.5 Å². The standard InChI is InChI=1S/C21H26ClN3O/c1-25(19-11-13-23-14-12-19)15-20(26)24-21(16-5-3-2-4-6-16)17-7-9-18(22)10-8-17/h2-10,19,21,23H,11-15H2,1H3,(H,24,26)/t21-/m0/s1. The van der Waals surface area contributed by atoms with E-state index in [1.807, 2.05) is 61.6 Å². The first-order valence-electron chi connectivity index (χ1n) is 9.14. The minimum Gasteiger partial charge on any atom is -0.344 e. The summed E-state index contributed by atoms with van der Waals surface area (Å²) in [6.07, 6.45) is 2.17. The van der Waals surface area contributed by atoms with E-state index in [-0.39, 0.29) is 11.9 Å². The van der Waals surface area contributed by atoms with Crippen LogP contribution in [0, 0.1) is 0 Å². The van der Waals surface area contributed by atoms with Crippen LogP contribution < -0.4 is 10.6 Å². The van der Waals surface area contributed by atoms with E-state index in [1.54, 1.807) is 0 Å². The lowest BCUT2D eigenvalue weighted by Gasteiger charge is -2.31. The molecule has 2 aromatic rings. The molecule has 0 radical (unpaired) electrons. The smallest absolute Gasteiger partial charge is 0.234 e. The molecule has 0 unspecified atom stereocenters. The molecule has 0 aromatic heterocycles. The van der Waals surface area contributed by atoms with Gasteiger partial charge in [-0.2, -0.15) is 0 Å². The number of piperidine rings is 1. The molecule has 1 fully saturated rings. The first-order chi connectivity index (χ1) is 12.6. The fourth-order valence-corrected chi connectivity index (χ4v) is 3.60. The van der Waals surface area contributed by atoms with Crippen LogP contribution in [0.15, 0.2) is 54.6 Å². The van der Waals surface area contributed by atoms with Crippen molar-refractivity contribution in [3.8, 4) is 0 Å². The van der Waals surface area contributed by atoms with E-state index >= 15 is 0 Å². The fourth-order valence-electron chi connectivity index (χ4n) is 3.47. The van der Waals surface area contributed by atoms with E-state index in [0.717, 1.165) is 37.1 Å². The van der Waals surface area contributed by atoms with E-state index in [0.29, 0.717) is 17.6 Å². The van der Waals surface area contributed by atoms with Gasteiger partial charge in [0.2, 0.25) is 5.91 Å². The molecule has 1 heterocycles. The van der Waals surface area contributed by atoms with E-state index in [9.17, 15) is 4.79 Å². The summed E-state index contributed by atoms with van der Waals surface area (Å²) in [6, 6.07) is 18.0. The second-order valence-electron chi connectivity index (χ2n) is 6.86. The van der Waals surface area contributed by atoms with Gasteiger partial charge < -0.3 is 10.6 Å². The lowest BCUT2D eigenvalue weighted by Crippen LogP contribution is -2.46. The molecular weight excluding hydrogens is 346 g/mol. The van der Waals surface area contributed by atoms with E-state index < -0.39 is 0 Å². The summed E-state index contributed by atoms with van der Waals surface area (Å²) in [5.74, 6) is 0.0369. The average molecular weight is 372 g/mol. The van der Waals surface area contributed by atoms with Crippen molar-refractivity contribution in [2.45, 2.75) is 24.9 Å². The van der Waals surface area contributed by atoms with Gasteiger partial charge in [-0.1, -0.05) is 54.1 Å². The fraction of sp³-hybridized carbons (Fsp3) is 0.381. The van der Waals surface area contributed by atoms with E-state index in [1.165, 1.54) is 0 Å². The number of nitrogens with one attached hydrogen (secondary N) is 2. The summed E-state index contributed by atoms with van der Waals surface area (Å²) in [7, 11) is 2.04. The van der Waals surface area contributed by atoms with Crippen LogP contribution in [-0.2, 0) is 4.79 Å². The molecule has 5 heteroatoms. The summed E-state index contributed by atoms with van der Waals surface area (Å²) < 4.78 is 0. The predicted molar refractivity (Wildman–Crippen MR) is 106 cm³/mol. The number of rotatable bonds is 6. The van der Waals surface area contributed by atoms with Crippen LogP contribution in [0.2, 0.25) is 5.02 Å². The number of hydrogen-bond acceptors (Lipinski definition) is 3. The van der Waals surface area contributed by atoms with Gasteiger partial charge in [0.25, 0.3) is 0 Å². The zero-order chi connectivity index (χ0) is 18.4. The summed E-state index contributed by atoms with van der Waals surface area (Å²) in [6.45, 7) is 2.45. The highest BCUT2D eigenvalue weighted by molar-refractivity contribution is 6.30. The summed E-state index contributed by atoms with van der Waals surface area (Å²) >= 11 is 6.02. The Morgan fingerprint density at radius 3 is 2.38 bits per heavy atom. The largest absolute Gasteiger partial charge is 0.344 e. The number of hydrogen-bond donors (Lipinski definition) is 2. The minimum absolute atomic E-state index is 0.0369. The maximum absolute atomic E-state index is 12.7. The topological polar surface area (TPSA) is 44.4 Å². The molecule has 4 nitrogen and oxygen atoms in total. The Balaban J connectivity index is 1.70. The number of likely N-dealkylation sites (N-methyl/N-ethyl adjacent to an activating group) is 1. The zero-order valence-electron chi connectivity index (χ0n) is 15.1. The Hall–Kier alpha value is -1.88. The van der Waals surface area contributed by atoms with E-state index in [4.69, 9.17) is 11.6 Å². The van der Waals surface area contributed by atoms with Crippen LogP contribution in [0.1, 0.15) is 30.0 Å². The molecule has 3 rings (SSSR count). The van der Waals surface area contributed by atoms with Crippen molar-refractivity contribution in [1.29, 1.82) is 0 Å². The molecule has 2 N–H and O–H groups in total. The van der Waals surface area contributed by atoms with Crippen LogP contribution >= 0.6 is 11.6 Å². The number of nitrogens with zero attached hydrogens (tertiary/aromatic N) is 1. The molecule has 0 bridgehead atoms. The molecule has 1 amide bonds. The van der Waals surface area contributed by atoms with Crippen molar-refractivity contribution in [1.82, 2.24) is 15.5 Å². The first-order valence-corrected chi connectivity index (χ1v) is 9.52. The van der Waals surface area contributed by atoms with Crippen LogP contribution in [0.3, 0.4) is 0 Å². The third-order valence-corrected chi connectivity index (χ3v) is 5.22. The number of carbonyl (C=O) groups is 1. The predicted octanol–water partition coefficient (Wildman–Crippen LogP) is 3.23. The number of benzene rings is 2. The summed E-state index contributed by atoms with van der Waals surface area (Å²) in [5, 5.41) is 7.26. The number of amides is 1. The highest BCUT2D eigenvalue weighted by atomic mass is 35.5. The Labute approximate surface area is 160 Å². The second kappa shape index (κ2) is 9.17. The Morgan fingerprint density at radius 2 is 1.73 bits per heavy atom. The third kappa shape index (κ3) is 5.07. The van der Waals surface area contributed by atoms with Crippen molar-refractivity contribution in [3.63, 3.8) is 0 Å². The molecule has 0 aliphatic carbocycles. The van der Waals surface area contributed by atoms with Gasteiger partial charge >= 0.3 is 0 Å². The average Bonchev–Trinajstić information content (AvgIpc) is 2.68. The van der Waals surface area contributed by atoms with Gasteiger partial charge in [0.1, 0.15) is 0 Å². The van der Waals surface area contributed by atoms with Crippen molar-refractivity contribution < 1.29 is 4.79 Å². The maximum Gasteiger partial charge on any atom is 0.234 e. The number of halogens is 1. The van der Waals surface area contributed by atoms with Gasteiger partial charge in [0.15, 0.2) is 0 Å². The van der Waals surface area contributed by atoms with E-state index in [2.05, 4.69) is 15.5 Å². The van der Waals surface area contributed by atoms with Crippen LogP contribution in [0.5, 0.6) is 0 Å². The first kappa shape index (κ1) is 18.9. The molecule has 1 atom stereocenters. The highest BCUT2D eigenvalue weighted by Gasteiger charge is 2.22. The van der Waals surface area contributed by atoms with Gasteiger partial charge in [0, 0.05) is 11.1 Å². The molecule has 1 aliphatic heterocycles. The Morgan fingerprint density at radius 1 is 1.12 bits per heavy atom. The lowest BCUT2D eigenvalue weighted by atomic mass is 9.98. The van der Waals surface area contributed by atoms with Crippen LogP contribution in [0.25, 0.3) is 0 Å². The van der Waals surface area contributed by atoms with Gasteiger partial charge in [-0.3, -0.25) is 9.69 Å². The Bertz CT molecular complexity index is 699. The monoisotopic (exact) mass is 371 g/mol. The second-order valence-corrected chi connectivity index (χ2v) is 7.30. The lowest BCUT2D eigenvalue weighted by molar-refractivity contribution is -0.123. The molecule has 1 aliphatic rings. The molecular formula is C21H26ClN3O.